The van der Waals surface area contributed by atoms with Crippen LogP contribution < -0.4 is 0 Å². The molecule has 1 aromatic carbocycles. The first-order chi connectivity index (χ1) is 4.72. The van der Waals surface area contributed by atoms with E-state index in [-0.39, 0.29) is 0 Å². The van der Waals surface area contributed by atoms with Crippen molar-refractivity contribution in [1.29, 1.82) is 0 Å². The zero-order valence-corrected chi connectivity index (χ0v) is 7.60. The number of hydrogen-bond donors (Lipinski definition) is 1. The average Bonchev–Trinajstić information content (AvgIpc) is 1.88. The molecule has 0 aromatic heterocycles. The summed E-state index contributed by atoms with van der Waals surface area (Å²) in [5, 5.41) is 0. The molecule has 1 aromatic rings. The van der Waals surface area contributed by atoms with E-state index < -0.39 is 0 Å². The summed E-state index contributed by atoms with van der Waals surface area (Å²) in [6.07, 6.45) is 0. The molecule has 0 aliphatic heterocycles. The Kier molecular flexibility index (Phi) is 2.65. The minimum atomic E-state index is 0.477. The second kappa shape index (κ2) is 3.32. The molecule has 0 amide bonds. The van der Waals surface area contributed by atoms with Crippen molar-refractivity contribution in [3.8, 4) is 0 Å². The highest BCUT2D eigenvalue weighted by Crippen LogP contribution is 2.12. The lowest BCUT2D eigenvalue weighted by Crippen LogP contribution is -1.91. The van der Waals surface area contributed by atoms with Gasteiger partial charge in [-0.1, -0.05) is 18.2 Å². The summed E-state index contributed by atoms with van der Waals surface area (Å²) in [7, 11) is 0. The maximum atomic E-state index is 4.82. The van der Waals surface area contributed by atoms with E-state index in [0.717, 1.165) is 10.5 Å². The quantitative estimate of drug-likeness (QED) is 0.405. The van der Waals surface area contributed by atoms with Crippen molar-refractivity contribution < 1.29 is 0 Å². The molecule has 10 heavy (non-hydrogen) atoms. The lowest BCUT2D eigenvalue weighted by Gasteiger charge is -2.06. The number of rotatable bonds is 1. The van der Waals surface area contributed by atoms with Crippen molar-refractivity contribution in [3.63, 3.8) is 0 Å². The maximum absolute atomic E-state index is 4.82. The highest BCUT2D eigenvalue weighted by molar-refractivity contribution is 8.01. The minimum Gasteiger partial charge on any atom is -0.428 e. The Balaban J connectivity index is 3.15. The molecule has 0 nitrogen and oxygen atoms in total. The fourth-order valence-corrected chi connectivity index (χ4v) is 1.43. The molecule has 52 valence electrons. The summed E-state index contributed by atoms with van der Waals surface area (Å²) in [6.45, 7) is 0. The Morgan fingerprint density at radius 1 is 1.40 bits per heavy atom. The van der Waals surface area contributed by atoms with Crippen LogP contribution in [0.5, 0.6) is 0 Å². The SMILES string of the molecule is S=C([S-])c1ccccc1S. The summed E-state index contributed by atoms with van der Waals surface area (Å²) in [5.41, 5.74) is 0.871. The number of benzene rings is 1. The van der Waals surface area contributed by atoms with E-state index in [9.17, 15) is 0 Å². The van der Waals surface area contributed by atoms with Crippen molar-refractivity contribution in [2.75, 3.05) is 0 Å². The van der Waals surface area contributed by atoms with Gasteiger partial charge >= 0.3 is 0 Å². The second-order valence-electron chi connectivity index (χ2n) is 1.80. The molecule has 0 N–H and O–H groups in total. The van der Waals surface area contributed by atoms with Crippen molar-refractivity contribution in [2.45, 2.75) is 4.90 Å². The van der Waals surface area contributed by atoms with Gasteiger partial charge in [-0.25, -0.2) is 0 Å². The largest absolute Gasteiger partial charge is 0.428 e. The van der Waals surface area contributed by atoms with E-state index >= 15 is 0 Å². The fourth-order valence-electron chi connectivity index (χ4n) is 0.646. The predicted molar refractivity (Wildman–Crippen MR) is 52.8 cm³/mol. The lowest BCUT2D eigenvalue weighted by molar-refractivity contribution is 1.45. The van der Waals surface area contributed by atoms with Crippen LogP contribution in [-0.2, 0) is 12.6 Å². The molecule has 0 saturated heterocycles. The third-order valence-electron chi connectivity index (χ3n) is 1.12. The van der Waals surface area contributed by atoms with Gasteiger partial charge in [-0.05, 0) is 11.6 Å². The van der Waals surface area contributed by atoms with Gasteiger partial charge < -0.3 is 24.8 Å². The first kappa shape index (κ1) is 7.98. The molecule has 0 fully saturated rings. The molecule has 0 spiro atoms. The molecule has 1 rings (SSSR count). The normalized spacial score (nSPS) is 9.30. The van der Waals surface area contributed by atoms with Crippen LogP contribution in [0.2, 0.25) is 0 Å². The smallest absolute Gasteiger partial charge is 0.0103 e. The summed E-state index contributed by atoms with van der Waals surface area (Å²) >= 11 is 13.8. The van der Waals surface area contributed by atoms with Gasteiger partial charge in [-0.3, -0.25) is 0 Å². The first-order valence-electron chi connectivity index (χ1n) is 2.71. The van der Waals surface area contributed by atoms with Gasteiger partial charge in [0, 0.05) is 4.90 Å². The van der Waals surface area contributed by atoms with E-state index in [0.29, 0.717) is 4.20 Å². The van der Waals surface area contributed by atoms with Crippen molar-refractivity contribution in [2.24, 2.45) is 0 Å². The van der Waals surface area contributed by atoms with E-state index in [4.69, 9.17) is 24.8 Å². The molecule has 0 radical (unpaired) electrons. The van der Waals surface area contributed by atoms with Gasteiger partial charge in [0.1, 0.15) is 0 Å². The van der Waals surface area contributed by atoms with Crippen LogP contribution in [0.3, 0.4) is 0 Å². The molecule has 0 saturated carbocycles. The number of thiol groups is 1. The van der Waals surface area contributed by atoms with Gasteiger partial charge in [0.15, 0.2) is 0 Å². The van der Waals surface area contributed by atoms with Crippen LogP contribution in [0.15, 0.2) is 29.2 Å². The summed E-state index contributed by atoms with van der Waals surface area (Å²) in [4.78, 5) is 0.850. The molecule has 3 heteroatoms. The second-order valence-corrected chi connectivity index (χ2v) is 3.36. The summed E-state index contributed by atoms with van der Waals surface area (Å²) in [6, 6.07) is 7.54. The predicted octanol–water partition coefficient (Wildman–Crippen LogP) is 2.20. The van der Waals surface area contributed by atoms with Crippen molar-refractivity contribution in [3.05, 3.63) is 29.8 Å². The van der Waals surface area contributed by atoms with Crippen molar-refractivity contribution >= 4 is 41.7 Å². The van der Waals surface area contributed by atoms with Crippen LogP contribution in [0.25, 0.3) is 0 Å². The molecule has 0 heterocycles. The minimum absolute atomic E-state index is 0.477. The van der Waals surface area contributed by atoms with Gasteiger partial charge in [0.05, 0.1) is 0 Å². The fraction of sp³-hybridized carbons (Fsp3) is 0. The first-order valence-corrected chi connectivity index (χ1v) is 3.97. The van der Waals surface area contributed by atoms with Gasteiger partial charge in [-0.2, -0.15) is 0 Å². The Morgan fingerprint density at radius 3 is 2.40 bits per heavy atom. The zero-order valence-electron chi connectivity index (χ0n) is 5.07. The number of hydrogen-bond acceptors (Lipinski definition) is 3. The number of thiocarbonyl (C=S) groups is 1. The standard InChI is InChI=1S/C7H6S3/c8-6-4-2-1-3-5(6)7(9)10/h1-4,8H,(H,9,10)/p-1. The lowest BCUT2D eigenvalue weighted by atomic mass is 10.2. The van der Waals surface area contributed by atoms with Crippen LogP contribution in [-0.4, -0.2) is 4.20 Å². The van der Waals surface area contributed by atoms with Crippen LogP contribution in [0, 0.1) is 0 Å². The Labute approximate surface area is 76.5 Å². The molecule has 0 bridgehead atoms. The highest BCUT2D eigenvalue weighted by Gasteiger charge is 1.91. The Bertz CT molecular complexity index is 255. The molecule has 0 aliphatic carbocycles. The highest BCUT2D eigenvalue weighted by atomic mass is 32.1. The molecule has 0 unspecified atom stereocenters. The van der Waals surface area contributed by atoms with E-state index in [1.807, 2.05) is 24.3 Å². The third-order valence-corrected chi connectivity index (χ3v) is 1.95. The maximum Gasteiger partial charge on any atom is 0.0103 e. The van der Waals surface area contributed by atoms with E-state index in [2.05, 4.69) is 12.6 Å². The van der Waals surface area contributed by atoms with E-state index in [1.165, 1.54) is 0 Å². The van der Waals surface area contributed by atoms with Gasteiger partial charge in [0.2, 0.25) is 0 Å². The molecule has 0 aliphatic rings. The zero-order chi connectivity index (χ0) is 7.56. The van der Waals surface area contributed by atoms with Crippen LogP contribution in [0.4, 0.5) is 0 Å². The Hall–Kier alpha value is -0.120. The molecular weight excluding hydrogens is 180 g/mol. The summed E-state index contributed by atoms with van der Waals surface area (Å²) < 4.78 is 0.477. The molecular formula is C7H5S3-. The van der Waals surface area contributed by atoms with Crippen LogP contribution in [0.1, 0.15) is 5.56 Å². The van der Waals surface area contributed by atoms with Crippen molar-refractivity contribution in [1.82, 2.24) is 0 Å². The third kappa shape index (κ3) is 1.68. The Morgan fingerprint density at radius 2 is 2.00 bits per heavy atom. The van der Waals surface area contributed by atoms with Gasteiger partial charge in [0.25, 0.3) is 0 Å². The van der Waals surface area contributed by atoms with Crippen LogP contribution >= 0.6 is 24.8 Å². The van der Waals surface area contributed by atoms with Gasteiger partial charge in [-0.15, -0.1) is 16.8 Å². The topological polar surface area (TPSA) is 0 Å². The monoisotopic (exact) mass is 185 g/mol. The average molecular weight is 185 g/mol. The summed E-state index contributed by atoms with van der Waals surface area (Å²) in [5.74, 6) is 0. The molecule has 0 atom stereocenters. The van der Waals surface area contributed by atoms with E-state index in [1.54, 1.807) is 0 Å².